The number of urea groups is 1. The lowest BCUT2D eigenvalue weighted by Gasteiger charge is -2.21. The van der Waals surface area contributed by atoms with Crippen molar-refractivity contribution in [1.82, 2.24) is 15.5 Å². The summed E-state index contributed by atoms with van der Waals surface area (Å²) in [6, 6.07) is 2.66. The highest BCUT2D eigenvalue weighted by Crippen LogP contribution is 2.21. The molecule has 0 aliphatic carbocycles. The summed E-state index contributed by atoms with van der Waals surface area (Å²) in [5.74, 6) is -1.27. The number of benzene rings is 1. The molecule has 2 amide bonds. The van der Waals surface area contributed by atoms with E-state index in [-0.39, 0.29) is 12.1 Å². The summed E-state index contributed by atoms with van der Waals surface area (Å²) in [5, 5.41) is 5.69. The average molecular weight is 341 g/mol. The van der Waals surface area contributed by atoms with E-state index in [9.17, 15) is 13.6 Å². The van der Waals surface area contributed by atoms with E-state index < -0.39 is 17.7 Å². The third kappa shape index (κ3) is 5.14. The molecule has 1 aromatic carbocycles. The van der Waals surface area contributed by atoms with Crippen LogP contribution < -0.4 is 10.6 Å². The van der Waals surface area contributed by atoms with Crippen LogP contribution in [0.5, 0.6) is 0 Å². The average Bonchev–Trinajstić information content (AvgIpc) is 2.98. The van der Waals surface area contributed by atoms with Gasteiger partial charge in [0.05, 0.1) is 12.6 Å². The van der Waals surface area contributed by atoms with Crippen molar-refractivity contribution in [2.45, 2.75) is 31.8 Å². The Hall–Kier alpha value is -1.73. The van der Waals surface area contributed by atoms with Gasteiger partial charge in [0.25, 0.3) is 0 Å². The Balaban J connectivity index is 1.86. The van der Waals surface area contributed by atoms with Gasteiger partial charge in [0.1, 0.15) is 11.6 Å². The predicted molar refractivity (Wildman–Crippen MR) is 87.8 cm³/mol. The van der Waals surface area contributed by atoms with Crippen LogP contribution in [0.25, 0.3) is 0 Å². The predicted octanol–water partition coefficient (Wildman–Crippen LogP) is 2.44. The van der Waals surface area contributed by atoms with Gasteiger partial charge >= 0.3 is 6.03 Å². The van der Waals surface area contributed by atoms with E-state index >= 15 is 0 Å². The number of nitrogens with zero attached hydrogens (tertiary/aromatic N) is 1. The molecule has 0 saturated carbocycles. The van der Waals surface area contributed by atoms with Gasteiger partial charge in [-0.05, 0) is 18.9 Å². The number of carbonyl (C=O) groups is 1. The highest BCUT2D eigenvalue weighted by atomic mass is 19.1. The molecular formula is C17H25F2N3O2. The van der Waals surface area contributed by atoms with E-state index in [0.717, 1.165) is 32.1 Å². The molecule has 134 valence electrons. The van der Waals surface area contributed by atoms with Crippen molar-refractivity contribution in [3.05, 3.63) is 35.4 Å². The first-order chi connectivity index (χ1) is 11.5. The maximum atomic E-state index is 13.9. The number of amides is 2. The van der Waals surface area contributed by atoms with Gasteiger partial charge in [-0.25, -0.2) is 13.6 Å². The molecule has 5 nitrogen and oxygen atoms in total. The van der Waals surface area contributed by atoms with Gasteiger partial charge in [0.15, 0.2) is 0 Å². The maximum Gasteiger partial charge on any atom is 0.315 e. The largest absolute Gasteiger partial charge is 0.383 e. The summed E-state index contributed by atoms with van der Waals surface area (Å²) in [7, 11) is 1.67. The standard InChI is InChI=1S/C17H25F2N3O2/c1-3-16(14-5-4-12(18)10-15(14)19)21-17(23)20-13-6-7-22(11-13)8-9-24-2/h4-5,10,13,16H,3,6-9,11H2,1-2H3,(H2,20,21,23)/t13-,16+/m1/s1. The monoisotopic (exact) mass is 341 g/mol. The minimum atomic E-state index is -0.645. The number of hydrogen-bond donors (Lipinski definition) is 2. The molecule has 2 rings (SSSR count). The topological polar surface area (TPSA) is 53.6 Å². The fourth-order valence-corrected chi connectivity index (χ4v) is 2.94. The minimum Gasteiger partial charge on any atom is -0.383 e. The summed E-state index contributed by atoms with van der Waals surface area (Å²) >= 11 is 0. The summed E-state index contributed by atoms with van der Waals surface area (Å²) in [5.41, 5.74) is 0.294. The van der Waals surface area contributed by atoms with E-state index in [1.165, 1.54) is 12.1 Å². The summed E-state index contributed by atoms with van der Waals surface area (Å²) in [6.07, 6.45) is 1.39. The minimum absolute atomic E-state index is 0.0671. The Morgan fingerprint density at radius 3 is 2.92 bits per heavy atom. The van der Waals surface area contributed by atoms with Crippen LogP contribution in [-0.2, 0) is 4.74 Å². The summed E-state index contributed by atoms with van der Waals surface area (Å²) < 4.78 is 32.0. The SMILES string of the molecule is CC[C@H](NC(=O)N[C@@H]1CCN(CCOC)C1)c1ccc(F)cc1F. The normalized spacial score (nSPS) is 19.2. The zero-order valence-electron chi connectivity index (χ0n) is 14.1. The van der Waals surface area contributed by atoms with Crippen LogP contribution in [0.4, 0.5) is 13.6 Å². The van der Waals surface area contributed by atoms with E-state index in [1.54, 1.807) is 7.11 Å². The smallest absolute Gasteiger partial charge is 0.315 e. The van der Waals surface area contributed by atoms with E-state index in [1.807, 2.05) is 6.92 Å². The molecule has 1 saturated heterocycles. The molecule has 1 heterocycles. The van der Waals surface area contributed by atoms with Crippen LogP contribution in [0.1, 0.15) is 31.4 Å². The lowest BCUT2D eigenvalue weighted by molar-refractivity contribution is 0.159. The van der Waals surface area contributed by atoms with Gasteiger partial charge in [0, 0.05) is 44.4 Å². The molecule has 2 N–H and O–H groups in total. The lowest BCUT2D eigenvalue weighted by Crippen LogP contribution is -2.44. The van der Waals surface area contributed by atoms with Gasteiger partial charge < -0.3 is 15.4 Å². The fourth-order valence-electron chi connectivity index (χ4n) is 2.94. The first-order valence-corrected chi connectivity index (χ1v) is 8.26. The van der Waals surface area contributed by atoms with E-state index in [2.05, 4.69) is 15.5 Å². The molecule has 1 fully saturated rings. The number of rotatable bonds is 7. The second kappa shape index (κ2) is 8.94. The second-order valence-electron chi connectivity index (χ2n) is 6.02. The number of nitrogens with one attached hydrogen (secondary N) is 2. The number of ether oxygens (including phenoxy) is 1. The molecule has 1 aliphatic heterocycles. The first kappa shape index (κ1) is 18.6. The van der Waals surface area contributed by atoms with Crippen molar-refractivity contribution in [3.8, 4) is 0 Å². The molecule has 1 aromatic rings. The third-order valence-corrected chi connectivity index (χ3v) is 4.27. The Bertz CT molecular complexity index is 557. The van der Waals surface area contributed by atoms with Crippen molar-refractivity contribution in [1.29, 1.82) is 0 Å². The third-order valence-electron chi connectivity index (χ3n) is 4.27. The van der Waals surface area contributed by atoms with Gasteiger partial charge in [-0.15, -0.1) is 0 Å². The number of methoxy groups -OCH3 is 1. The molecule has 0 radical (unpaired) electrons. The molecule has 24 heavy (non-hydrogen) atoms. The number of likely N-dealkylation sites (tertiary alicyclic amines) is 1. The van der Waals surface area contributed by atoms with Crippen molar-refractivity contribution >= 4 is 6.03 Å². The molecule has 1 aliphatic rings. The second-order valence-corrected chi connectivity index (χ2v) is 6.02. The Morgan fingerprint density at radius 2 is 2.25 bits per heavy atom. The zero-order valence-corrected chi connectivity index (χ0v) is 14.1. The van der Waals surface area contributed by atoms with Crippen molar-refractivity contribution in [2.24, 2.45) is 0 Å². The molecule has 0 bridgehead atoms. The van der Waals surface area contributed by atoms with Crippen LogP contribution in [0.3, 0.4) is 0 Å². The molecular weight excluding hydrogens is 316 g/mol. The molecule has 0 unspecified atom stereocenters. The molecule has 2 atom stereocenters. The maximum absolute atomic E-state index is 13.9. The zero-order chi connectivity index (χ0) is 17.5. The van der Waals surface area contributed by atoms with Crippen LogP contribution in [0.2, 0.25) is 0 Å². The molecule has 0 spiro atoms. The van der Waals surface area contributed by atoms with E-state index in [0.29, 0.717) is 18.6 Å². The fraction of sp³-hybridized carbons (Fsp3) is 0.588. The number of halogens is 2. The Kier molecular flexibility index (Phi) is 6.93. The molecule has 7 heteroatoms. The highest BCUT2D eigenvalue weighted by Gasteiger charge is 2.24. The van der Waals surface area contributed by atoms with E-state index in [4.69, 9.17) is 4.74 Å². The Morgan fingerprint density at radius 1 is 1.46 bits per heavy atom. The summed E-state index contributed by atoms with van der Waals surface area (Å²) in [4.78, 5) is 14.4. The quantitative estimate of drug-likeness (QED) is 0.801. The Labute approximate surface area is 141 Å². The van der Waals surface area contributed by atoms with Crippen LogP contribution in [0, 0.1) is 11.6 Å². The van der Waals surface area contributed by atoms with Crippen LogP contribution >= 0.6 is 0 Å². The number of hydrogen-bond acceptors (Lipinski definition) is 3. The van der Waals surface area contributed by atoms with Gasteiger partial charge in [-0.3, -0.25) is 4.90 Å². The molecule has 0 aromatic heterocycles. The summed E-state index contributed by atoms with van der Waals surface area (Å²) in [6.45, 7) is 5.04. The number of carbonyl (C=O) groups excluding carboxylic acids is 1. The lowest BCUT2D eigenvalue weighted by atomic mass is 10.0. The van der Waals surface area contributed by atoms with Gasteiger partial charge in [0.2, 0.25) is 0 Å². The van der Waals surface area contributed by atoms with Crippen molar-refractivity contribution in [2.75, 3.05) is 33.4 Å². The van der Waals surface area contributed by atoms with Crippen LogP contribution in [0.15, 0.2) is 18.2 Å². The van der Waals surface area contributed by atoms with Gasteiger partial charge in [-0.1, -0.05) is 13.0 Å². The first-order valence-electron chi connectivity index (χ1n) is 8.26. The van der Waals surface area contributed by atoms with Crippen molar-refractivity contribution < 1.29 is 18.3 Å². The van der Waals surface area contributed by atoms with Crippen LogP contribution in [-0.4, -0.2) is 50.3 Å². The van der Waals surface area contributed by atoms with Gasteiger partial charge in [-0.2, -0.15) is 0 Å². The van der Waals surface area contributed by atoms with Crippen molar-refractivity contribution in [3.63, 3.8) is 0 Å². The highest BCUT2D eigenvalue weighted by molar-refractivity contribution is 5.74.